The van der Waals surface area contributed by atoms with E-state index in [0.29, 0.717) is 0 Å². The van der Waals surface area contributed by atoms with Gasteiger partial charge in [-0.05, 0) is 44.6 Å². The predicted octanol–water partition coefficient (Wildman–Crippen LogP) is 4.25. The van der Waals surface area contributed by atoms with Gasteiger partial charge in [0.2, 0.25) is 0 Å². The van der Waals surface area contributed by atoms with E-state index in [4.69, 9.17) is 12.2 Å². The van der Waals surface area contributed by atoms with Crippen molar-refractivity contribution in [3.05, 3.63) is 45.1 Å². The molecular formula is C14H15N3S2. The van der Waals surface area contributed by atoms with Gasteiger partial charge in [0.05, 0.1) is 16.6 Å². The van der Waals surface area contributed by atoms with E-state index in [1.165, 1.54) is 5.56 Å². The van der Waals surface area contributed by atoms with Crippen LogP contribution < -0.4 is 0 Å². The van der Waals surface area contributed by atoms with Crippen LogP contribution in [0.2, 0.25) is 0 Å². The minimum Gasteiger partial charge on any atom is -0.331 e. The van der Waals surface area contributed by atoms with Gasteiger partial charge in [0, 0.05) is 11.6 Å². The maximum atomic E-state index is 5.52. The molecule has 19 heavy (non-hydrogen) atoms. The Labute approximate surface area is 120 Å². The van der Waals surface area contributed by atoms with Crippen LogP contribution in [0.1, 0.15) is 24.4 Å². The lowest BCUT2D eigenvalue weighted by molar-refractivity contribution is 0.441. The van der Waals surface area contributed by atoms with Crippen molar-refractivity contribution in [1.82, 2.24) is 14.5 Å². The van der Waals surface area contributed by atoms with Crippen LogP contribution in [-0.4, -0.2) is 14.5 Å². The standard InChI is InChI=1S/C14H15N3S2/c1-9-5-4-6-10-11(9)17(13(18)16-10)14(2,3)12-15-7-8-19-12/h4-8H,1-3H3,(H,16,18). The Bertz CT molecular complexity index is 779. The summed E-state index contributed by atoms with van der Waals surface area (Å²) in [5.74, 6) is 0. The van der Waals surface area contributed by atoms with E-state index in [2.05, 4.69) is 47.4 Å². The minimum atomic E-state index is -0.254. The second-order valence-corrected chi connectivity index (χ2v) is 6.41. The molecule has 0 radical (unpaired) electrons. The quantitative estimate of drug-likeness (QED) is 0.716. The summed E-state index contributed by atoms with van der Waals surface area (Å²) in [6.45, 7) is 6.42. The molecule has 5 heteroatoms. The molecule has 1 aromatic carbocycles. The van der Waals surface area contributed by atoms with Crippen LogP contribution in [-0.2, 0) is 5.54 Å². The summed E-state index contributed by atoms with van der Waals surface area (Å²) in [6, 6.07) is 6.22. The highest BCUT2D eigenvalue weighted by molar-refractivity contribution is 7.71. The van der Waals surface area contributed by atoms with Gasteiger partial charge >= 0.3 is 0 Å². The molecule has 3 nitrogen and oxygen atoms in total. The summed E-state index contributed by atoms with van der Waals surface area (Å²) in [5.41, 5.74) is 3.20. The molecular weight excluding hydrogens is 274 g/mol. The maximum absolute atomic E-state index is 5.52. The number of aromatic nitrogens is 3. The molecule has 0 spiro atoms. The molecule has 0 fully saturated rings. The number of nitrogens with zero attached hydrogens (tertiary/aromatic N) is 2. The number of fused-ring (bicyclic) bond motifs is 1. The van der Waals surface area contributed by atoms with Gasteiger partial charge in [-0.15, -0.1) is 11.3 Å². The Balaban J connectivity index is 2.37. The van der Waals surface area contributed by atoms with E-state index >= 15 is 0 Å². The molecule has 0 unspecified atom stereocenters. The van der Waals surface area contributed by atoms with Crippen molar-refractivity contribution in [2.75, 3.05) is 0 Å². The smallest absolute Gasteiger partial charge is 0.178 e. The van der Waals surface area contributed by atoms with Crippen molar-refractivity contribution in [2.24, 2.45) is 0 Å². The second-order valence-electron chi connectivity index (χ2n) is 5.13. The molecule has 0 saturated heterocycles. The Morgan fingerprint density at radius 3 is 2.84 bits per heavy atom. The first-order valence-electron chi connectivity index (χ1n) is 6.12. The number of aryl methyl sites for hydroxylation is 1. The van der Waals surface area contributed by atoms with Gasteiger partial charge in [0.1, 0.15) is 5.01 Å². The number of hydrogen-bond donors (Lipinski definition) is 1. The monoisotopic (exact) mass is 289 g/mol. The molecule has 2 heterocycles. The molecule has 0 bridgehead atoms. The molecule has 0 aliphatic heterocycles. The molecule has 98 valence electrons. The molecule has 2 aromatic heterocycles. The highest BCUT2D eigenvalue weighted by Gasteiger charge is 2.28. The Morgan fingerprint density at radius 1 is 1.37 bits per heavy atom. The summed E-state index contributed by atoms with van der Waals surface area (Å²) in [5, 5.41) is 3.07. The van der Waals surface area contributed by atoms with Crippen LogP contribution in [0.5, 0.6) is 0 Å². The number of rotatable bonds is 2. The van der Waals surface area contributed by atoms with E-state index in [1.807, 2.05) is 17.6 Å². The largest absolute Gasteiger partial charge is 0.331 e. The van der Waals surface area contributed by atoms with Crippen LogP contribution in [0, 0.1) is 11.7 Å². The third-order valence-electron chi connectivity index (χ3n) is 3.42. The Morgan fingerprint density at radius 2 is 2.16 bits per heavy atom. The highest BCUT2D eigenvalue weighted by atomic mass is 32.1. The number of benzene rings is 1. The zero-order valence-electron chi connectivity index (χ0n) is 11.1. The van der Waals surface area contributed by atoms with Gasteiger partial charge in [0.15, 0.2) is 4.77 Å². The molecule has 1 N–H and O–H groups in total. The zero-order valence-corrected chi connectivity index (χ0v) is 12.7. The van der Waals surface area contributed by atoms with Crippen molar-refractivity contribution in [1.29, 1.82) is 0 Å². The summed E-state index contributed by atoms with van der Waals surface area (Å²) in [4.78, 5) is 7.75. The number of nitrogens with one attached hydrogen (secondary N) is 1. The van der Waals surface area contributed by atoms with E-state index in [0.717, 1.165) is 20.8 Å². The average Bonchev–Trinajstić information content (AvgIpc) is 2.95. The van der Waals surface area contributed by atoms with Crippen molar-refractivity contribution in [2.45, 2.75) is 26.3 Å². The first kappa shape index (κ1) is 12.6. The normalized spacial score (nSPS) is 12.2. The van der Waals surface area contributed by atoms with Gasteiger partial charge < -0.3 is 9.55 Å². The summed E-state index contributed by atoms with van der Waals surface area (Å²) >= 11 is 7.18. The van der Waals surface area contributed by atoms with Crippen molar-refractivity contribution >= 4 is 34.6 Å². The van der Waals surface area contributed by atoms with Crippen LogP contribution >= 0.6 is 23.6 Å². The first-order valence-corrected chi connectivity index (χ1v) is 7.41. The molecule has 3 rings (SSSR count). The van der Waals surface area contributed by atoms with Crippen molar-refractivity contribution in [3.63, 3.8) is 0 Å². The number of thiazole rings is 1. The number of imidazole rings is 1. The minimum absolute atomic E-state index is 0.254. The van der Waals surface area contributed by atoms with Crippen LogP contribution in [0.25, 0.3) is 11.0 Å². The summed E-state index contributed by atoms with van der Waals surface area (Å²) in [7, 11) is 0. The van der Waals surface area contributed by atoms with Gasteiger partial charge in [-0.3, -0.25) is 0 Å². The van der Waals surface area contributed by atoms with Crippen LogP contribution in [0.4, 0.5) is 0 Å². The molecule has 3 aromatic rings. The highest BCUT2D eigenvalue weighted by Crippen LogP contribution is 2.32. The average molecular weight is 289 g/mol. The van der Waals surface area contributed by atoms with Gasteiger partial charge in [-0.25, -0.2) is 4.98 Å². The first-order chi connectivity index (χ1) is 9.01. The topological polar surface area (TPSA) is 33.6 Å². The Hall–Kier alpha value is -1.46. The lowest BCUT2D eigenvalue weighted by atomic mass is 10.1. The van der Waals surface area contributed by atoms with E-state index in [1.54, 1.807) is 11.3 Å². The van der Waals surface area contributed by atoms with Crippen molar-refractivity contribution < 1.29 is 0 Å². The van der Waals surface area contributed by atoms with Gasteiger partial charge in [-0.1, -0.05) is 12.1 Å². The number of aromatic amines is 1. The fourth-order valence-electron chi connectivity index (χ4n) is 2.48. The fourth-order valence-corrected chi connectivity index (χ4v) is 3.67. The van der Waals surface area contributed by atoms with Gasteiger partial charge in [-0.2, -0.15) is 0 Å². The van der Waals surface area contributed by atoms with Crippen molar-refractivity contribution in [3.8, 4) is 0 Å². The van der Waals surface area contributed by atoms with Gasteiger partial charge in [0.25, 0.3) is 0 Å². The number of H-pyrrole nitrogens is 1. The lowest BCUT2D eigenvalue weighted by Crippen LogP contribution is -2.27. The third kappa shape index (κ3) is 1.84. The van der Waals surface area contributed by atoms with E-state index in [-0.39, 0.29) is 5.54 Å². The second kappa shape index (κ2) is 4.28. The molecule has 0 amide bonds. The predicted molar refractivity (Wildman–Crippen MR) is 82.4 cm³/mol. The zero-order chi connectivity index (χ0) is 13.6. The molecule has 0 aliphatic carbocycles. The fraction of sp³-hybridized carbons (Fsp3) is 0.286. The summed E-state index contributed by atoms with van der Waals surface area (Å²) < 4.78 is 2.91. The van der Waals surface area contributed by atoms with E-state index in [9.17, 15) is 0 Å². The Kier molecular flexibility index (Phi) is 2.83. The maximum Gasteiger partial charge on any atom is 0.178 e. The number of para-hydroxylation sites is 1. The van der Waals surface area contributed by atoms with E-state index < -0.39 is 0 Å². The third-order valence-corrected chi connectivity index (χ3v) is 4.79. The summed E-state index contributed by atoms with van der Waals surface area (Å²) in [6.07, 6.45) is 1.84. The van der Waals surface area contributed by atoms with Crippen LogP contribution in [0.3, 0.4) is 0 Å². The number of hydrogen-bond acceptors (Lipinski definition) is 3. The lowest BCUT2D eigenvalue weighted by Gasteiger charge is -2.25. The van der Waals surface area contributed by atoms with Crippen LogP contribution in [0.15, 0.2) is 29.8 Å². The molecule has 0 atom stereocenters. The molecule has 0 aliphatic rings. The SMILES string of the molecule is Cc1cccc2[nH]c(=S)n(C(C)(C)c3nccs3)c12. The molecule has 0 saturated carbocycles.